The van der Waals surface area contributed by atoms with Crippen LogP contribution in [0.5, 0.6) is 5.75 Å². The van der Waals surface area contributed by atoms with Crippen molar-refractivity contribution in [1.82, 2.24) is 9.55 Å². The fourth-order valence-corrected chi connectivity index (χ4v) is 4.51. The Balaban J connectivity index is 1.45. The first-order valence-corrected chi connectivity index (χ1v) is 11.0. The van der Waals surface area contributed by atoms with Crippen molar-refractivity contribution >= 4 is 66.7 Å². The average molecular weight is 549 g/mol. The lowest BCUT2D eigenvalue weighted by atomic mass is 10.2. The molecular weight excluding hydrogens is 532 g/mol. The Hall–Kier alpha value is -2.35. The van der Waals surface area contributed by atoms with E-state index in [0.29, 0.717) is 17.6 Å². The first-order chi connectivity index (χ1) is 14.5. The van der Waals surface area contributed by atoms with E-state index < -0.39 is 0 Å². The maximum atomic E-state index is 5.96. The summed E-state index contributed by atoms with van der Waals surface area (Å²) in [6, 6.07) is 19.4. The normalized spacial score (nSPS) is 11.3. The Labute approximate surface area is 196 Å². The lowest BCUT2D eigenvalue weighted by Gasteiger charge is -2.11. The summed E-state index contributed by atoms with van der Waals surface area (Å²) in [6.45, 7) is 0.441. The van der Waals surface area contributed by atoms with Crippen molar-refractivity contribution in [1.29, 1.82) is 0 Å². The quantitative estimate of drug-likeness (QED) is 0.214. The molecule has 1 aromatic heterocycles. The number of ether oxygens (including phenoxy) is 1. The molecule has 4 aromatic rings. The Morgan fingerprint density at radius 1 is 1.10 bits per heavy atom. The molecule has 0 fully saturated rings. The van der Waals surface area contributed by atoms with Gasteiger partial charge in [-0.1, -0.05) is 35.9 Å². The number of hydrogen-bond acceptors (Lipinski definition) is 4. The van der Waals surface area contributed by atoms with E-state index in [1.54, 1.807) is 6.21 Å². The molecule has 152 valence electrons. The molecule has 0 spiro atoms. The summed E-state index contributed by atoms with van der Waals surface area (Å²) in [5, 5.41) is 5.03. The molecule has 0 aliphatic heterocycles. The standard InChI is InChI=1S/C22H17Br2ClN4O/c1-29-20-5-3-2-4-19(20)27-22(29)28-26-12-15-10-17(23)21(18(24)11-15)30-13-14-6-8-16(25)9-7-14/h2-12H,13H2,1H3,(H,27,28)/b26-12-. The SMILES string of the molecule is Cn1c(N/N=C\c2cc(Br)c(OCc3ccc(Cl)cc3)c(Br)c2)nc2ccccc21. The zero-order chi connectivity index (χ0) is 21.1. The topological polar surface area (TPSA) is 51.4 Å². The van der Waals surface area contributed by atoms with Gasteiger partial charge in [-0.25, -0.2) is 10.4 Å². The lowest BCUT2D eigenvalue weighted by Crippen LogP contribution is -2.00. The Morgan fingerprint density at radius 2 is 1.80 bits per heavy atom. The number of aromatic nitrogens is 2. The number of aryl methyl sites for hydroxylation is 1. The maximum absolute atomic E-state index is 5.96. The van der Waals surface area contributed by atoms with Crippen LogP contribution in [-0.4, -0.2) is 15.8 Å². The zero-order valence-corrected chi connectivity index (χ0v) is 19.9. The highest BCUT2D eigenvalue weighted by molar-refractivity contribution is 9.11. The van der Waals surface area contributed by atoms with Crippen molar-refractivity contribution in [2.75, 3.05) is 5.43 Å². The second-order valence-electron chi connectivity index (χ2n) is 6.58. The third kappa shape index (κ3) is 4.69. The molecule has 1 heterocycles. The van der Waals surface area contributed by atoms with Crippen LogP contribution >= 0.6 is 43.5 Å². The molecule has 0 saturated carbocycles. The molecule has 0 radical (unpaired) electrons. The van der Waals surface area contributed by atoms with E-state index in [1.807, 2.05) is 72.3 Å². The van der Waals surface area contributed by atoms with Crippen LogP contribution in [0.15, 0.2) is 74.7 Å². The van der Waals surface area contributed by atoms with Gasteiger partial charge in [-0.3, -0.25) is 0 Å². The van der Waals surface area contributed by atoms with Crippen molar-refractivity contribution in [2.45, 2.75) is 6.61 Å². The first-order valence-electron chi connectivity index (χ1n) is 9.08. The van der Waals surface area contributed by atoms with Crippen molar-refractivity contribution < 1.29 is 4.74 Å². The van der Waals surface area contributed by atoms with Gasteiger partial charge in [0.1, 0.15) is 12.4 Å². The summed E-state index contributed by atoms with van der Waals surface area (Å²) in [4.78, 5) is 4.54. The van der Waals surface area contributed by atoms with Crippen LogP contribution < -0.4 is 10.2 Å². The zero-order valence-electron chi connectivity index (χ0n) is 15.9. The number of imidazole rings is 1. The largest absolute Gasteiger partial charge is 0.487 e. The molecule has 1 N–H and O–H groups in total. The number of hydrogen-bond donors (Lipinski definition) is 1. The fraction of sp³-hybridized carbons (Fsp3) is 0.0909. The molecule has 0 aliphatic rings. The number of hydrazone groups is 1. The summed E-state index contributed by atoms with van der Waals surface area (Å²) in [5.74, 6) is 1.40. The maximum Gasteiger partial charge on any atom is 0.224 e. The summed E-state index contributed by atoms with van der Waals surface area (Å²) >= 11 is 13.1. The number of fused-ring (bicyclic) bond motifs is 1. The predicted octanol–water partition coefficient (Wildman–Crippen LogP) is 6.78. The number of benzene rings is 3. The molecule has 0 bridgehead atoms. The van der Waals surface area contributed by atoms with Crippen molar-refractivity contribution in [3.63, 3.8) is 0 Å². The van der Waals surface area contributed by atoms with Crippen LogP contribution in [0.1, 0.15) is 11.1 Å². The van der Waals surface area contributed by atoms with Crippen LogP contribution in [0.25, 0.3) is 11.0 Å². The van der Waals surface area contributed by atoms with Gasteiger partial charge in [0.2, 0.25) is 5.95 Å². The van der Waals surface area contributed by atoms with E-state index in [-0.39, 0.29) is 0 Å². The first kappa shape index (κ1) is 20.9. The number of para-hydroxylation sites is 2. The van der Waals surface area contributed by atoms with Crippen molar-refractivity contribution in [2.24, 2.45) is 12.1 Å². The molecule has 3 aromatic carbocycles. The van der Waals surface area contributed by atoms with Crippen LogP contribution in [0.3, 0.4) is 0 Å². The van der Waals surface area contributed by atoms with E-state index >= 15 is 0 Å². The molecule has 0 amide bonds. The fourth-order valence-electron chi connectivity index (χ4n) is 2.94. The molecule has 0 atom stereocenters. The van der Waals surface area contributed by atoms with Gasteiger partial charge in [0.05, 0.1) is 26.2 Å². The molecule has 30 heavy (non-hydrogen) atoms. The minimum Gasteiger partial charge on any atom is -0.487 e. The van der Waals surface area contributed by atoms with Gasteiger partial charge in [-0.15, -0.1) is 0 Å². The minimum atomic E-state index is 0.441. The second kappa shape index (κ2) is 9.20. The Bertz CT molecular complexity index is 1200. The lowest BCUT2D eigenvalue weighted by molar-refractivity contribution is 0.302. The van der Waals surface area contributed by atoms with Gasteiger partial charge in [0.25, 0.3) is 0 Å². The van der Waals surface area contributed by atoms with Crippen LogP contribution in [0.2, 0.25) is 5.02 Å². The van der Waals surface area contributed by atoms with Crippen LogP contribution in [-0.2, 0) is 13.7 Å². The number of anilines is 1. The molecular formula is C22H17Br2ClN4O. The van der Waals surface area contributed by atoms with Crippen molar-refractivity contribution in [3.05, 3.63) is 85.8 Å². The van der Waals surface area contributed by atoms with Gasteiger partial charge >= 0.3 is 0 Å². The Kier molecular flexibility index (Phi) is 6.41. The highest BCUT2D eigenvalue weighted by atomic mass is 79.9. The van der Waals surface area contributed by atoms with Crippen LogP contribution in [0, 0.1) is 0 Å². The number of halogens is 3. The third-order valence-electron chi connectivity index (χ3n) is 4.48. The monoisotopic (exact) mass is 546 g/mol. The smallest absolute Gasteiger partial charge is 0.224 e. The van der Waals surface area contributed by atoms with Gasteiger partial charge in [0.15, 0.2) is 0 Å². The summed E-state index contributed by atoms with van der Waals surface area (Å²) < 4.78 is 9.58. The Morgan fingerprint density at radius 3 is 2.50 bits per heavy atom. The number of rotatable bonds is 6. The molecule has 5 nitrogen and oxygen atoms in total. The van der Waals surface area contributed by atoms with Gasteiger partial charge in [-0.2, -0.15) is 5.10 Å². The second-order valence-corrected chi connectivity index (χ2v) is 8.73. The third-order valence-corrected chi connectivity index (χ3v) is 5.91. The average Bonchev–Trinajstić information content (AvgIpc) is 3.05. The molecule has 4 rings (SSSR count). The van der Waals surface area contributed by atoms with E-state index in [4.69, 9.17) is 16.3 Å². The highest BCUT2D eigenvalue weighted by Gasteiger charge is 2.10. The van der Waals surface area contributed by atoms with E-state index in [1.165, 1.54) is 0 Å². The number of nitrogens with one attached hydrogen (secondary N) is 1. The van der Waals surface area contributed by atoms with E-state index in [2.05, 4.69) is 47.4 Å². The number of nitrogens with zero attached hydrogens (tertiary/aromatic N) is 3. The minimum absolute atomic E-state index is 0.441. The highest BCUT2D eigenvalue weighted by Crippen LogP contribution is 2.35. The molecule has 8 heteroatoms. The molecule has 0 aliphatic carbocycles. The predicted molar refractivity (Wildman–Crippen MR) is 130 cm³/mol. The van der Waals surface area contributed by atoms with Gasteiger partial charge < -0.3 is 9.30 Å². The van der Waals surface area contributed by atoms with Crippen LogP contribution in [0.4, 0.5) is 5.95 Å². The molecule has 0 saturated heterocycles. The summed E-state index contributed by atoms with van der Waals surface area (Å²) in [6.07, 6.45) is 1.73. The van der Waals surface area contributed by atoms with Gasteiger partial charge in [-0.05, 0) is 79.4 Å². The van der Waals surface area contributed by atoms with E-state index in [9.17, 15) is 0 Å². The van der Waals surface area contributed by atoms with E-state index in [0.717, 1.165) is 36.9 Å². The molecule has 0 unspecified atom stereocenters. The van der Waals surface area contributed by atoms with Gasteiger partial charge in [0, 0.05) is 12.1 Å². The summed E-state index contributed by atoms with van der Waals surface area (Å²) in [7, 11) is 1.95. The summed E-state index contributed by atoms with van der Waals surface area (Å²) in [5.41, 5.74) is 6.91. The van der Waals surface area contributed by atoms with Crippen molar-refractivity contribution in [3.8, 4) is 5.75 Å².